The zero-order chi connectivity index (χ0) is 12.0. The van der Waals surface area contributed by atoms with Crippen molar-refractivity contribution in [2.24, 2.45) is 0 Å². The van der Waals surface area contributed by atoms with Gasteiger partial charge in [0.15, 0.2) is 0 Å². The molecule has 5 heteroatoms. The summed E-state index contributed by atoms with van der Waals surface area (Å²) in [4.78, 5) is 8.01. The van der Waals surface area contributed by atoms with E-state index in [-0.39, 0.29) is 0 Å². The van der Waals surface area contributed by atoms with Crippen molar-refractivity contribution in [1.29, 1.82) is 0 Å². The summed E-state index contributed by atoms with van der Waals surface area (Å²) in [5.74, 6) is 0.906. The maximum absolute atomic E-state index is 4.66. The number of benzene rings is 1. The van der Waals surface area contributed by atoms with Crippen molar-refractivity contribution in [2.75, 3.05) is 0 Å². The number of nitrogens with one attached hydrogen (secondary N) is 1. The topological polar surface area (TPSA) is 28.7 Å². The van der Waals surface area contributed by atoms with Crippen LogP contribution in [0.25, 0.3) is 22.4 Å². The molecule has 3 rings (SSSR count). The van der Waals surface area contributed by atoms with E-state index in [4.69, 9.17) is 0 Å². The van der Waals surface area contributed by atoms with E-state index in [1.807, 2.05) is 12.1 Å². The number of halogens is 2. The first-order valence-electron chi connectivity index (χ1n) is 5.05. The second-order valence-corrected chi connectivity index (χ2v) is 7.54. The Morgan fingerprint density at radius 1 is 1.29 bits per heavy atom. The van der Waals surface area contributed by atoms with E-state index >= 15 is 0 Å². The zero-order valence-corrected chi connectivity index (χ0v) is 12.9. The molecule has 2 aromatic heterocycles. The van der Waals surface area contributed by atoms with Gasteiger partial charge in [0.05, 0.1) is 18.6 Å². The molecule has 0 aliphatic rings. The van der Waals surface area contributed by atoms with Crippen LogP contribution in [0.1, 0.15) is 5.56 Å². The Bertz CT molecular complexity index is 700. The Morgan fingerprint density at radius 2 is 2.12 bits per heavy atom. The van der Waals surface area contributed by atoms with Crippen LogP contribution in [0.4, 0.5) is 0 Å². The summed E-state index contributed by atoms with van der Waals surface area (Å²) < 4.78 is 2.18. The van der Waals surface area contributed by atoms with Crippen molar-refractivity contribution in [3.8, 4) is 11.4 Å². The molecule has 0 amide bonds. The fourth-order valence-corrected chi connectivity index (χ4v) is 4.61. The second kappa shape index (κ2) is 4.23. The van der Waals surface area contributed by atoms with Crippen LogP contribution in [0.15, 0.2) is 31.8 Å². The van der Waals surface area contributed by atoms with E-state index in [1.165, 1.54) is 5.56 Å². The van der Waals surface area contributed by atoms with Gasteiger partial charge in [-0.05, 0) is 56.5 Å². The van der Waals surface area contributed by atoms with Gasteiger partial charge in [-0.25, -0.2) is 4.98 Å². The van der Waals surface area contributed by atoms with Gasteiger partial charge in [0, 0.05) is 5.56 Å². The Kier molecular flexibility index (Phi) is 2.84. The van der Waals surface area contributed by atoms with Gasteiger partial charge in [-0.2, -0.15) is 0 Å². The molecule has 2 nitrogen and oxygen atoms in total. The molecule has 0 saturated carbocycles. The van der Waals surface area contributed by atoms with Gasteiger partial charge in [0.1, 0.15) is 5.82 Å². The van der Waals surface area contributed by atoms with Crippen LogP contribution in [0.3, 0.4) is 0 Å². The van der Waals surface area contributed by atoms with E-state index in [9.17, 15) is 0 Å². The SMILES string of the molecule is Cc1cccc2[nH]c(-c3cc(Br)sc3Br)nc12. The highest BCUT2D eigenvalue weighted by molar-refractivity contribution is 9.12. The van der Waals surface area contributed by atoms with E-state index in [2.05, 4.69) is 60.9 Å². The van der Waals surface area contributed by atoms with Crippen molar-refractivity contribution in [2.45, 2.75) is 6.92 Å². The molecule has 86 valence electrons. The molecule has 0 aliphatic heterocycles. The number of aromatic nitrogens is 2. The Morgan fingerprint density at radius 3 is 2.76 bits per heavy atom. The van der Waals surface area contributed by atoms with Crippen molar-refractivity contribution >= 4 is 54.2 Å². The first-order valence-corrected chi connectivity index (χ1v) is 7.46. The molecule has 0 fully saturated rings. The predicted molar refractivity (Wildman–Crippen MR) is 79.5 cm³/mol. The highest BCUT2D eigenvalue weighted by atomic mass is 79.9. The first-order chi connectivity index (χ1) is 8.15. The standard InChI is InChI=1S/C12H8Br2N2S/c1-6-3-2-4-8-10(6)16-12(15-8)7-5-9(13)17-11(7)14/h2-5H,1H3,(H,15,16). The first kappa shape index (κ1) is 11.4. The van der Waals surface area contributed by atoms with E-state index in [0.717, 1.165) is 30.0 Å². The van der Waals surface area contributed by atoms with E-state index in [0.29, 0.717) is 0 Å². The highest BCUT2D eigenvalue weighted by Crippen LogP contribution is 2.38. The quantitative estimate of drug-likeness (QED) is 0.631. The Labute approximate surface area is 119 Å². The molecule has 0 spiro atoms. The van der Waals surface area contributed by atoms with Crippen molar-refractivity contribution in [3.63, 3.8) is 0 Å². The van der Waals surface area contributed by atoms with Gasteiger partial charge in [0.25, 0.3) is 0 Å². The lowest BCUT2D eigenvalue weighted by Gasteiger charge is -1.91. The van der Waals surface area contributed by atoms with Gasteiger partial charge in [0.2, 0.25) is 0 Å². The van der Waals surface area contributed by atoms with Crippen LogP contribution < -0.4 is 0 Å². The second-order valence-electron chi connectivity index (χ2n) is 3.79. The van der Waals surface area contributed by atoms with Crippen LogP contribution in [0.2, 0.25) is 0 Å². The number of nitrogens with zero attached hydrogens (tertiary/aromatic N) is 1. The fraction of sp³-hybridized carbons (Fsp3) is 0.0833. The molecule has 0 aliphatic carbocycles. The molecule has 3 aromatic rings. The molecule has 0 radical (unpaired) electrons. The van der Waals surface area contributed by atoms with Crippen LogP contribution in [0, 0.1) is 6.92 Å². The molecule has 0 unspecified atom stereocenters. The number of imidazole rings is 1. The third kappa shape index (κ3) is 1.96. The molecular formula is C12H8Br2N2S. The van der Waals surface area contributed by atoms with Crippen LogP contribution >= 0.6 is 43.2 Å². The molecular weight excluding hydrogens is 364 g/mol. The van der Waals surface area contributed by atoms with E-state index in [1.54, 1.807) is 11.3 Å². The van der Waals surface area contributed by atoms with Crippen molar-refractivity contribution in [1.82, 2.24) is 9.97 Å². The predicted octanol–water partition coefficient (Wildman–Crippen LogP) is 5.12. The van der Waals surface area contributed by atoms with Gasteiger partial charge >= 0.3 is 0 Å². The maximum Gasteiger partial charge on any atom is 0.140 e. The van der Waals surface area contributed by atoms with Crippen molar-refractivity contribution < 1.29 is 0 Å². The number of aryl methyl sites for hydroxylation is 1. The van der Waals surface area contributed by atoms with Gasteiger partial charge < -0.3 is 4.98 Å². The highest BCUT2D eigenvalue weighted by Gasteiger charge is 2.12. The Hall–Kier alpha value is -0.650. The number of thiophene rings is 1. The largest absolute Gasteiger partial charge is 0.338 e. The summed E-state index contributed by atoms with van der Waals surface area (Å²) in [6.45, 7) is 2.07. The molecule has 0 bridgehead atoms. The Balaban J connectivity index is 2.25. The monoisotopic (exact) mass is 370 g/mol. The summed E-state index contributed by atoms with van der Waals surface area (Å²) in [7, 11) is 0. The van der Waals surface area contributed by atoms with Gasteiger partial charge in [-0.3, -0.25) is 0 Å². The molecule has 0 saturated heterocycles. The smallest absolute Gasteiger partial charge is 0.140 e. The molecule has 17 heavy (non-hydrogen) atoms. The third-order valence-corrected chi connectivity index (χ3v) is 4.97. The molecule has 1 aromatic carbocycles. The number of H-pyrrole nitrogens is 1. The number of rotatable bonds is 1. The summed E-state index contributed by atoms with van der Waals surface area (Å²) in [6, 6.07) is 8.24. The summed E-state index contributed by atoms with van der Waals surface area (Å²) in [5, 5.41) is 0. The average molecular weight is 372 g/mol. The number of aromatic amines is 1. The normalized spacial score (nSPS) is 11.2. The number of hydrogen-bond donors (Lipinski definition) is 1. The minimum absolute atomic E-state index is 0.906. The molecule has 0 atom stereocenters. The average Bonchev–Trinajstić information content (AvgIpc) is 2.82. The summed E-state index contributed by atoms with van der Waals surface area (Å²) >= 11 is 8.70. The lowest BCUT2D eigenvalue weighted by Crippen LogP contribution is -1.77. The molecule has 2 heterocycles. The van der Waals surface area contributed by atoms with E-state index < -0.39 is 0 Å². The third-order valence-electron chi connectivity index (χ3n) is 2.63. The lowest BCUT2D eigenvalue weighted by molar-refractivity contribution is 1.33. The van der Waals surface area contributed by atoms with Crippen LogP contribution in [0.5, 0.6) is 0 Å². The number of para-hydroxylation sites is 1. The minimum atomic E-state index is 0.906. The maximum atomic E-state index is 4.66. The minimum Gasteiger partial charge on any atom is -0.338 e. The summed E-state index contributed by atoms with van der Waals surface area (Å²) in [6.07, 6.45) is 0. The fourth-order valence-electron chi connectivity index (χ4n) is 1.80. The van der Waals surface area contributed by atoms with Gasteiger partial charge in [-0.15, -0.1) is 11.3 Å². The van der Waals surface area contributed by atoms with Crippen molar-refractivity contribution in [3.05, 3.63) is 37.4 Å². The number of fused-ring (bicyclic) bond motifs is 1. The van der Waals surface area contributed by atoms with Crippen LogP contribution in [-0.4, -0.2) is 9.97 Å². The number of hydrogen-bond acceptors (Lipinski definition) is 2. The molecule has 1 N–H and O–H groups in total. The zero-order valence-electron chi connectivity index (χ0n) is 8.92. The summed E-state index contributed by atoms with van der Waals surface area (Å²) in [5.41, 5.74) is 4.40. The lowest BCUT2D eigenvalue weighted by atomic mass is 10.2. The van der Waals surface area contributed by atoms with Gasteiger partial charge in [-0.1, -0.05) is 12.1 Å². The van der Waals surface area contributed by atoms with Crippen LogP contribution in [-0.2, 0) is 0 Å².